The van der Waals surface area contributed by atoms with Crippen molar-refractivity contribution in [2.75, 3.05) is 39.3 Å². The van der Waals surface area contributed by atoms with Crippen molar-refractivity contribution < 1.29 is 9.59 Å². The van der Waals surface area contributed by atoms with Crippen molar-refractivity contribution in [3.63, 3.8) is 0 Å². The third-order valence-corrected chi connectivity index (χ3v) is 3.16. The van der Waals surface area contributed by atoms with Gasteiger partial charge in [0.15, 0.2) is 5.96 Å². The molecule has 7 nitrogen and oxygen atoms in total. The monoisotopic (exact) mass is 425 g/mol. The van der Waals surface area contributed by atoms with Gasteiger partial charge < -0.3 is 20.9 Å². The molecule has 1 saturated heterocycles. The maximum atomic E-state index is 11.9. The summed E-state index contributed by atoms with van der Waals surface area (Å²) in [4.78, 5) is 29.5. The van der Waals surface area contributed by atoms with Gasteiger partial charge in [-0.25, -0.2) is 4.99 Å². The van der Waals surface area contributed by atoms with Gasteiger partial charge in [-0.05, 0) is 26.2 Å². The van der Waals surface area contributed by atoms with Gasteiger partial charge in [-0.15, -0.1) is 24.0 Å². The van der Waals surface area contributed by atoms with Crippen LogP contribution in [0.3, 0.4) is 0 Å². The van der Waals surface area contributed by atoms with Crippen LogP contribution in [0.15, 0.2) is 4.99 Å². The van der Waals surface area contributed by atoms with Crippen LogP contribution in [0.1, 0.15) is 33.1 Å². The van der Waals surface area contributed by atoms with Crippen LogP contribution in [0.4, 0.5) is 0 Å². The number of carbonyl (C=O) groups excluding carboxylic acids is 2. The van der Waals surface area contributed by atoms with E-state index in [9.17, 15) is 9.59 Å². The SMILES string of the molecule is CCCNC(=O)CN=C(NCC)NCC(=O)N1CCCC1.I. The molecule has 0 aromatic carbocycles. The zero-order valence-corrected chi connectivity index (χ0v) is 15.8. The van der Waals surface area contributed by atoms with E-state index in [4.69, 9.17) is 0 Å². The second-order valence-electron chi connectivity index (χ2n) is 4.99. The number of nitrogens with one attached hydrogen (secondary N) is 3. The summed E-state index contributed by atoms with van der Waals surface area (Å²) in [7, 11) is 0. The van der Waals surface area contributed by atoms with Crippen LogP contribution < -0.4 is 16.0 Å². The summed E-state index contributed by atoms with van der Waals surface area (Å²) in [5.41, 5.74) is 0. The molecule has 0 spiro atoms. The first-order chi connectivity index (χ1) is 10.2. The molecule has 3 N–H and O–H groups in total. The fraction of sp³-hybridized carbons (Fsp3) is 0.786. The molecule has 1 heterocycles. The van der Waals surface area contributed by atoms with Crippen LogP contribution in [0.25, 0.3) is 0 Å². The summed E-state index contributed by atoms with van der Waals surface area (Å²) in [6.45, 7) is 7.23. The fourth-order valence-electron chi connectivity index (χ4n) is 2.05. The molecule has 8 heteroatoms. The molecule has 0 aromatic heterocycles. The third kappa shape index (κ3) is 8.40. The Morgan fingerprint density at radius 3 is 2.36 bits per heavy atom. The highest BCUT2D eigenvalue weighted by molar-refractivity contribution is 14.0. The molecular weight excluding hydrogens is 397 g/mol. The van der Waals surface area contributed by atoms with Crippen molar-refractivity contribution >= 4 is 41.8 Å². The van der Waals surface area contributed by atoms with Crippen molar-refractivity contribution in [3.8, 4) is 0 Å². The zero-order valence-electron chi connectivity index (χ0n) is 13.5. The van der Waals surface area contributed by atoms with E-state index in [1.165, 1.54) is 0 Å². The summed E-state index contributed by atoms with van der Waals surface area (Å²) in [6, 6.07) is 0. The normalized spacial score (nSPS) is 14.3. The Bertz CT molecular complexity index is 370. The lowest BCUT2D eigenvalue weighted by Gasteiger charge is -2.17. The molecule has 1 aliphatic heterocycles. The first-order valence-electron chi connectivity index (χ1n) is 7.74. The molecule has 0 atom stereocenters. The topological polar surface area (TPSA) is 85.8 Å². The van der Waals surface area contributed by atoms with Crippen molar-refractivity contribution in [2.45, 2.75) is 33.1 Å². The maximum absolute atomic E-state index is 11.9. The van der Waals surface area contributed by atoms with Crippen LogP contribution >= 0.6 is 24.0 Å². The predicted molar refractivity (Wildman–Crippen MR) is 98.5 cm³/mol. The molecule has 1 rings (SSSR count). The number of aliphatic imine (C=N–C) groups is 1. The van der Waals surface area contributed by atoms with E-state index in [1.54, 1.807) is 0 Å². The number of likely N-dealkylation sites (tertiary alicyclic amines) is 1. The Balaban J connectivity index is 0.00000441. The highest BCUT2D eigenvalue weighted by Gasteiger charge is 2.17. The molecule has 128 valence electrons. The number of carbonyl (C=O) groups is 2. The van der Waals surface area contributed by atoms with E-state index >= 15 is 0 Å². The van der Waals surface area contributed by atoms with Crippen molar-refractivity contribution in [3.05, 3.63) is 0 Å². The van der Waals surface area contributed by atoms with Gasteiger partial charge in [0.2, 0.25) is 11.8 Å². The number of amides is 2. The number of hydrogen-bond acceptors (Lipinski definition) is 3. The van der Waals surface area contributed by atoms with Gasteiger partial charge in [-0.2, -0.15) is 0 Å². The molecule has 2 amide bonds. The van der Waals surface area contributed by atoms with Gasteiger partial charge in [0.25, 0.3) is 0 Å². The molecule has 1 aliphatic rings. The minimum atomic E-state index is -0.111. The van der Waals surface area contributed by atoms with Gasteiger partial charge in [-0.3, -0.25) is 9.59 Å². The van der Waals surface area contributed by atoms with Crippen molar-refractivity contribution in [1.82, 2.24) is 20.9 Å². The summed E-state index contributed by atoms with van der Waals surface area (Å²) in [5.74, 6) is 0.463. The van der Waals surface area contributed by atoms with Crippen LogP contribution in [-0.4, -0.2) is 61.9 Å². The van der Waals surface area contributed by atoms with E-state index in [0.29, 0.717) is 19.0 Å². The van der Waals surface area contributed by atoms with E-state index in [2.05, 4.69) is 20.9 Å². The summed E-state index contributed by atoms with van der Waals surface area (Å²) in [6.07, 6.45) is 3.06. The Morgan fingerprint density at radius 2 is 1.77 bits per heavy atom. The highest BCUT2D eigenvalue weighted by Crippen LogP contribution is 2.06. The Labute approximate surface area is 149 Å². The average Bonchev–Trinajstić information content (AvgIpc) is 3.02. The molecule has 1 fully saturated rings. The molecular formula is C14H28IN5O2. The van der Waals surface area contributed by atoms with E-state index in [1.807, 2.05) is 18.7 Å². The predicted octanol–water partition coefficient (Wildman–Crippen LogP) is 0.308. The number of hydrogen-bond donors (Lipinski definition) is 3. The molecule has 0 unspecified atom stereocenters. The lowest BCUT2D eigenvalue weighted by Crippen LogP contribution is -2.44. The Hall–Kier alpha value is -1.06. The number of guanidine groups is 1. The van der Waals surface area contributed by atoms with Crippen LogP contribution in [0.2, 0.25) is 0 Å². The van der Waals surface area contributed by atoms with Crippen molar-refractivity contribution in [2.24, 2.45) is 4.99 Å². The fourth-order valence-corrected chi connectivity index (χ4v) is 2.05. The van der Waals surface area contributed by atoms with Gasteiger partial charge >= 0.3 is 0 Å². The minimum absolute atomic E-state index is 0. The molecule has 0 aromatic rings. The standard InChI is InChI=1S/C14H27N5O2.HI/c1-3-7-16-12(20)10-17-14(15-4-2)18-11-13(21)19-8-5-6-9-19;/h3-11H2,1-2H3,(H,16,20)(H2,15,17,18);1H. The first kappa shape index (κ1) is 20.9. The molecule has 0 aliphatic carbocycles. The first-order valence-corrected chi connectivity index (χ1v) is 7.74. The highest BCUT2D eigenvalue weighted by atomic mass is 127. The molecule has 0 bridgehead atoms. The second-order valence-corrected chi connectivity index (χ2v) is 4.99. The van der Waals surface area contributed by atoms with Crippen LogP contribution in [0, 0.1) is 0 Å². The third-order valence-electron chi connectivity index (χ3n) is 3.16. The number of nitrogens with zero attached hydrogens (tertiary/aromatic N) is 2. The smallest absolute Gasteiger partial charge is 0.241 e. The van der Waals surface area contributed by atoms with E-state index in [0.717, 1.165) is 32.4 Å². The molecule has 0 saturated carbocycles. The van der Waals surface area contributed by atoms with E-state index in [-0.39, 0.29) is 48.9 Å². The van der Waals surface area contributed by atoms with Gasteiger partial charge in [-0.1, -0.05) is 6.92 Å². The molecule has 22 heavy (non-hydrogen) atoms. The Morgan fingerprint density at radius 1 is 1.09 bits per heavy atom. The lowest BCUT2D eigenvalue weighted by atomic mass is 10.4. The summed E-state index contributed by atoms with van der Waals surface area (Å²) in [5, 5.41) is 8.77. The average molecular weight is 425 g/mol. The number of rotatable bonds is 7. The van der Waals surface area contributed by atoms with Crippen LogP contribution in [-0.2, 0) is 9.59 Å². The minimum Gasteiger partial charge on any atom is -0.357 e. The number of halogens is 1. The Kier molecular flexibility index (Phi) is 11.9. The molecule has 0 radical (unpaired) electrons. The largest absolute Gasteiger partial charge is 0.357 e. The van der Waals surface area contributed by atoms with Gasteiger partial charge in [0.1, 0.15) is 6.54 Å². The van der Waals surface area contributed by atoms with Gasteiger partial charge in [0, 0.05) is 26.2 Å². The van der Waals surface area contributed by atoms with Crippen LogP contribution in [0.5, 0.6) is 0 Å². The lowest BCUT2D eigenvalue weighted by molar-refractivity contribution is -0.128. The second kappa shape index (κ2) is 12.5. The maximum Gasteiger partial charge on any atom is 0.241 e. The summed E-state index contributed by atoms with van der Waals surface area (Å²) >= 11 is 0. The van der Waals surface area contributed by atoms with E-state index < -0.39 is 0 Å². The zero-order chi connectivity index (χ0) is 15.5. The van der Waals surface area contributed by atoms with Crippen molar-refractivity contribution in [1.29, 1.82) is 0 Å². The van der Waals surface area contributed by atoms with Gasteiger partial charge in [0.05, 0.1) is 6.54 Å². The summed E-state index contributed by atoms with van der Waals surface area (Å²) < 4.78 is 0. The quantitative estimate of drug-likeness (QED) is 0.311.